The van der Waals surface area contributed by atoms with Gasteiger partial charge in [-0.15, -0.1) is 10.2 Å². The molecular weight excluding hydrogens is 278 g/mol. The predicted molar refractivity (Wildman–Crippen MR) is 90.8 cm³/mol. The topological polar surface area (TPSA) is 70.4 Å². The van der Waals surface area contributed by atoms with E-state index in [0.717, 1.165) is 31.4 Å². The summed E-state index contributed by atoms with van der Waals surface area (Å²) in [4.78, 5) is 7.01. The Morgan fingerprint density at radius 1 is 1.27 bits per heavy atom. The monoisotopic (exact) mass is 309 g/mol. The van der Waals surface area contributed by atoms with Crippen LogP contribution in [0.25, 0.3) is 0 Å². The van der Waals surface area contributed by atoms with Gasteiger partial charge in [0.1, 0.15) is 12.9 Å². The van der Waals surface area contributed by atoms with E-state index in [0.29, 0.717) is 18.6 Å². The largest absolute Gasteiger partial charge is 0.357 e. The van der Waals surface area contributed by atoms with Crippen molar-refractivity contribution >= 4 is 5.96 Å². The van der Waals surface area contributed by atoms with Crippen LogP contribution in [-0.2, 0) is 13.6 Å². The molecule has 0 aliphatic heterocycles. The van der Waals surface area contributed by atoms with Gasteiger partial charge in [-0.05, 0) is 34.6 Å². The highest BCUT2D eigenvalue weighted by molar-refractivity contribution is 5.79. The summed E-state index contributed by atoms with van der Waals surface area (Å²) >= 11 is 0. The van der Waals surface area contributed by atoms with Crippen molar-refractivity contribution in [3.8, 4) is 0 Å². The van der Waals surface area contributed by atoms with Gasteiger partial charge >= 0.3 is 0 Å². The zero-order valence-corrected chi connectivity index (χ0v) is 14.8. The van der Waals surface area contributed by atoms with Crippen LogP contribution in [0.3, 0.4) is 0 Å². The molecule has 0 aromatic carbocycles. The summed E-state index contributed by atoms with van der Waals surface area (Å²) in [6.07, 6.45) is 1.69. The molecule has 0 saturated carbocycles. The lowest BCUT2D eigenvalue weighted by Gasteiger charge is -2.30. The number of nitrogens with zero attached hydrogens (tertiary/aromatic N) is 5. The fraction of sp³-hybridized carbons (Fsp3) is 0.800. The molecule has 0 bridgehead atoms. The number of aromatic nitrogens is 3. The van der Waals surface area contributed by atoms with Gasteiger partial charge in [0.2, 0.25) is 0 Å². The van der Waals surface area contributed by atoms with Crippen molar-refractivity contribution < 1.29 is 0 Å². The summed E-state index contributed by atoms with van der Waals surface area (Å²) in [6, 6.07) is 1.08. The summed E-state index contributed by atoms with van der Waals surface area (Å²) in [6.45, 7) is 14.2. The van der Waals surface area contributed by atoms with Crippen LogP contribution in [0.2, 0.25) is 0 Å². The first-order chi connectivity index (χ1) is 10.5. The fourth-order valence-electron chi connectivity index (χ4n) is 2.36. The molecule has 1 aromatic rings. The van der Waals surface area contributed by atoms with E-state index in [4.69, 9.17) is 0 Å². The summed E-state index contributed by atoms with van der Waals surface area (Å²) in [7, 11) is 1.92. The Morgan fingerprint density at radius 2 is 1.95 bits per heavy atom. The van der Waals surface area contributed by atoms with E-state index in [1.807, 2.05) is 11.6 Å². The van der Waals surface area contributed by atoms with Gasteiger partial charge in [-0.25, -0.2) is 4.99 Å². The minimum atomic E-state index is 0.518. The SMILES string of the molecule is CCNC(=NCc1nncn1C)NCCN(C(C)C)C(C)C. The summed E-state index contributed by atoms with van der Waals surface area (Å²) in [5, 5.41) is 14.6. The smallest absolute Gasteiger partial charge is 0.191 e. The molecule has 1 rings (SSSR count). The van der Waals surface area contributed by atoms with Gasteiger partial charge in [0.05, 0.1) is 0 Å². The van der Waals surface area contributed by atoms with Crippen molar-refractivity contribution in [3.05, 3.63) is 12.2 Å². The van der Waals surface area contributed by atoms with Gasteiger partial charge in [0.25, 0.3) is 0 Å². The zero-order chi connectivity index (χ0) is 16.5. The molecule has 0 saturated heterocycles. The molecule has 7 heteroatoms. The highest BCUT2D eigenvalue weighted by Gasteiger charge is 2.12. The van der Waals surface area contributed by atoms with Crippen molar-refractivity contribution in [2.75, 3.05) is 19.6 Å². The number of aryl methyl sites for hydroxylation is 1. The van der Waals surface area contributed by atoms with Crippen molar-refractivity contribution in [2.24, 2.45) is 12.0 Å². The Kier molecular flexibility index (Phi) is 7.87. The van der Waals surface area contributed by atoms with Crippen molar-refractivity contribution in [3.63, 3.8) is 0 Å². The lowest BCUT2D eigenvalue weighted by Crippen LogP contribution is -2.45. The van der Waals surface area contributed by atoms with Gasteiger partial charge in [0, 0.05) is 38.8 Å². The average molecular weight is 309 g/mol. The zero-order valence-electron chi connectivity index (χ0n) is 14.8. The number of guanidine groups is 1. The lowest BCUT2D eigenvalue weighted by atomic mass is 10.2. The van der Waals surface area contributed by atoms with Crippen LogP contribution in [0.15, 0.2) is 11.3 Å². The fourth-order valence-corrected chi connectivity index (χ4v) is 2.36. The molecule has 0 spiro atoms. The van der Waals surface area contributed by atoms with Crippen LogP contribution in [0.1, 0.15) is 40.4 Å². The molecule has 0 fully saturated rings. The molecular formula is C15H31N7. The first kappa shape index (κ1) is 18.4. The number of hydrogen-bond donors (Lipinski definition) is 2. The molecule has 7 nitrogen and oxygen atoms in total. The molecule has 0 radical (unpaired) electrons. The van der Waals surface area contributed by atoms with Crippen LogP contribution < -0.4 is 10.6 Å². The first-order valence-electron chi connectivity index (χ1n) is 8.06. The number of nitrogens with one attached hydrogen (secondary N) is 2. The molecule has 0 aliphatic rings. The Bertz CT molecular complexity index is 442. The lowest BCUT2D eigenvalue weighted by molar-refractivity contribution is 0.178. The molecule has 0 amide bonds. The maximum Gasteiger partial charge on any atom is 0.191 e. The van der Waals surface area contributed by atoms with Crippen LogP contribution in [0.5, 0.6) is 0 Å². The van der Waals surface area contributed by atoms with Crippen LogP contribution >= 0.6 is 0 Å². The van der Waals surface area contributed by atoms with E-state index >= 15 is 0 Å². The van der Waals surface area contributed by atoms with Crippen LogP contribution in [-0.4, -0.2) is 57.3 Å². The number of aliphatic imine (C=N–C) groups is 1. The van der Waals surface area contributed by atoms with Gasteiger partial charge < -0.3 is 15.2 Å². The van der Waals surface area contributed by atoms with E-state index in [2.05, 4.69) is 65.3 Å². The Morgan fingerprint density at radius 3 is 2.45 bits per heavy atom. The molecule has 1 heterocycles. The minimum Gasteiger partial charge on any atom is -0.357 e. The third kappa shape index (κ3) is 6.01. The highest BCUT2D eigenvalue weighted by atomic mass is 15.3. The van der Waals surface area contributed by atoms with Crippen molar-refractivity contribution in [2.45, 2.75) is 53.2 Å². The first-order valence-corrected chi connectivity index (χ1v) is 8.06. The second-order valence-electron chi connectivity index (χ2n) is 5.91. The average Bonchev–Trinajstić information content (AvgIpc) is 2.85. The van der Waals surface area contributed by atoms with Crippen molar-refractivity contribution in [1.82, 2.24) is 30.3 Å². The van der Waals surface area contributed by atoms with Crippen LogP contribution in [0, 0.1) is 0 Å². The maximum atomic E-state index is 4.56. The van der Waals surface area contributed by atoms with Gasteiger partial charge in [-0.2, -0.15) is 0 Å². The van der Waals surface area contributed by atoms with Gasteiger partial charge in [0.15, 0.2) is 11.8 Å². The quantitative estimate of drug-likeness (QED) is 0.553. The number of rotatable bonds is 8. The van der Waals surface area contributed by atoms with E-state index in [9.17, 15) is 0 Å². The Balaban J connectivity index is 2.51. The molecule has 126 valence electrons. The van der Waals surface area contributed by atoms with Crippen molar-refractivity contribution in [1.29, 1.82) is 0 Å². The molecule has 1 aromatic heterocycles. The molecule has 22 heavy (non-hydrogen) atoms. The van der Waals surface area contributed by atoms with E-state index in [-0.39, 0.29) is 0 Å². The van der Waals surface area contributed by atoms with E-state index in [1.54, 1.807) is 6.33 Å². The maximum absolute atomic E-state index is 4.56. The Labute approximate surface area is 134 Å². The molecule has 0 unspecified atom stereocenters. The Hall–Kier alpha value is -1.63. The molecule has 0 aliphatic carbocycles. The number of hydrogen-bond acceptors (Lipinski definition) is 4. The van der Waals surface area contributed by atoms with E-state index < -0.39 is 0 Å². The third-order valence-electron chi connectivity index (χ3n) is 3.52. The summed E-state index contributed by atoms with van der Waals surface area (Å²) < 4.78 is 1.88. The van der Waals surface area contributed by atoms with Gasteiger partial charge in [-0.3, -0.25) is 4.90 Å². The minimum absolute atomic E-state index is 0.518. The molecule has 2 N–H and O–H groups in total. The summed E-state index contributed by atoms with van der Waals surface area (Å²) in [5.41, 5.74) is 0. The predicted octanol–water partition coefficient (Wildman–Crippen LogP) is 0.989. The normalized spacial score (nSPS) is 12.5. The van der Waals surface area contributed by atoms with Gasteiger partial charge in [-0.1, -0.05) is 0 Å². The second kappa shape index (κ2) is 9.40. The standard InChI is InChI=1S/C15H31N7/c1-7-16-15(18-10-14-20-19-11-21(14)6)17-8-9-22(12(2)3)13(4)5/h11-13H,7-10H2,1-6H3,(H2,16,17,18). The summed E-state index contributed by atoms with van der Waals surface area (Å²) in [5.74, 6) is 1.67. The second-order valence-corrected chi connectivity index (χ2v) is 5.91. The van der Waals surface area contributed by atoms with Crippen LogP contribution in [0.4, 0.5) is 0 Å². The van der Waals surface area contributed by atoms with E-state index in [1.165, 1.54) is 0 Å². The third-order valence-corrected chi connectivity index (χ3v) is 3.52. The molecule has 0 atom stereocenters. The highest BCUT2D eigenvalue weighted by Crippen LogP contribution is 2.03.